The van der Waals surface area contributed by atoms with Gasteiger partial charge in [0.1, 0.15) is 11.5 Å². The molecule has 0 spiro atoms. The lowest BCUT2D eigenvalue weighted by atomic mass is 10.1. The number of carbonyl (C=O) groups excluding carboxylic acids is 2. The first-order chi connectivity index (χ1) is 12.1. The topological polar surface area (TPSA) is 68.3 Å². The molecule has 1 fully saturated rings. The summed E-state index contributed by atoms with van der Waals surface area (Å²) >= 11 is 0. The van der Waals surface area contributed by atoms with Crippen LogP contribution < -0.4 is 9.47 Å². The van der Waals surface area contributed by atoms with Crippen molar-refractivity contribution in [2.24, 2.45) is 0 Å². The van der Waals surface area contributed by atoms with Crippen LogP contribution in [-0.2, 0) is 9.53 Å². The van der Waals surface area contributed by atoms with Crippen molar-refractivity contribution in [1.82, 2.24) is 9.80 Å². The van der Waals surface area contributed by atoms with Crippen LogP contribution in [0.5, 0.6) is 11.5 Å². The maximum absolute atomic E-state index is 12.4. The predicted molar refractivity (Wildman–Crippen MR) is 93.8 cm³/mol. The van der Waals surface area contributed by atoms with E-state index >= 15 is 0 Å². The average Bonchev–Trinajstić information content (AvgIpc) is 2.66. The molecule has 0 bridgehead atoms. The molecule has 0 atom stereocenters. The number of carbonyl (C=O) groups is 2. The van der Waals surface area contributed by atoms with Gasteiger partial charge in [-0.25, -0.2) is 4.79 Å². The van der Waals surface area contributed by atoms with E-state index in [-0.39, 0.29) is 12.0 Å². The largest absolute Gasteiger partial charge is 0.497 e. The number of methoxy groups -OCH3 is 2. The Bertz CT molecular complexity index is 636. The van der Waals surface area contributed by atoms with E-state index in [2.05, 4.69) is 0 Å². The Kier molecular flexibility index (Phi) is 6.68. The van der Waals surface area contributed by atoms with Gasteiger partial charge in [0.2, 0.25) is 5.91 Å². The van der Waals surface area contributed by atoms with Gasteiger partial charge in [-0.1, -0.05) is 0 Å². The highest BCUT2D eigenvalue weighted by molar-refractivity contribution is 5.92. The van der Waals surface area contributed by atoms with Gasteiger partial charge in [-0.05, 0) is 31.2 Å². The fraction of sp³-hybridized carbons (Fsp3) is 0.444. The van der Waals surface area contributed by atoms with Gasteiger partial charge in [-0.2, -0.15) is 0 Å². The number of benzene rings is 1. The van der Waals surface area contributed by atoms with Crippen LogP contribution in [0.15, 0.2) is 24.3 Å². The summed E-state index contributed by atoms with van der Waals surface area (Å²) in [7, 11) is 3.17. The molecule has 0 saturated carbocycles. The van der Waals surface area contributed by atoms with Crippen molar-refractivity contribution >= 4 is 18.1 Å². The molecule has 0 N–H and O–H groups in total. The number of amides is 2. The standard InChI is InChI=1S/C18H24N2O5/c1-4-25-18(22)20-11-9-19(10-12-20)17(21)8-5-14-13-15(23-2)6-7-16(14)24-3/h5-8,13H,4,9-12H2,1-3H3/b8-5+. The molecule has 1 heterocycles. The molecule has 2 amide bonds. The lowest BCUT2D eigenvalue weighted by molar-refractivity contribution is -0.127. The Labute approximate surface area is 147 Å². The highest BCUT2D eigenvalue weighted by atomic mass is 16.6. The molecule has 1 aromatic carbocycles. The van der Waals surface area contributed by atoms with E-state index in [1.165, 1.54) is 6.08 Å². The molecule has 7 heteroatoms. The monoisotopic (exact) mass is 348 g/mol. The van der Waals surface area contributed by atoms with Crippen LogP contribution in [0.2, 0.25) is 0 Å². The van der Waals surface area contributed by atoms with Gasteiger partial charge in [-0.3, -0.25) is 4.79 Å². The van der Waals surface area contributed by atoms with Gasteiger partial charge >= 0.3 is 6.09 Å². The summed E-state index contributed by atoms with van der Waals surface area (Å²) in [6.07, 6.45) is 2.89. The predicted octanol–water partition coefficient (Wildman–Crippen LogP) is 2.02. The summed E-state index contributed by atoms with van der Waals surface area (Å²) in [5.74, 6) is 1.25. The smallest absolute Gasteiger partial charge is 0.409 e. The Morgan fingerprint density at radius 3 is 2.36 bits per heavy atom. The van der Waals surface area contributed by atoms with Crippen LogP contribution in [0.3, 0.4) is 0 Å². The summed E-state index contributed by atoms with van der Waals surface area (Å²) in [5, 5.41) is 0. The molecule has 7 nitrogen and oxygen atoms in total. The third kappa shape index (κ3) is 4.89. The minimum Gasteiger partial charge on any atom is -0.497 e. The van der Waals surface area contributed by atoms with Crippen molar-refractivity contribution in [3.63, 3.8) is 0 Å². The van der Waals surface area contributed by atoms with Gasteiger partial charge < -0.3 is 24.0 Å². The first-order valence-electron chi connectivity index (χ1n) is 8.19. The molecule has 0 aliphatic carbocycles. The highest BCUT2D eigenvalue weighted by Crippen LogP contribution is 2.25. The Morgan fingerprint density at radius 1 is 1.08 bits per heavy atom. The van der Waals surface area contributed by atoms with Crippen molar-refractivity contribution in [2.45, 2.75) is 6.92 Å². The summed E-state index contributed by atoms with van der Waals surface area (Å²) in [4.78, 5) is 27.4. The number of rotatable bonds is 5. The third-order valence-electron chi connectivity index (χ3n) is 3.96. The van der Waals surface area contributed by atoms with E-state index in [0.717, 1.165) is 5.56 Å². The minimum absolute atomic E-state index is 0.103. The van der Waals surface area contributed by atoms with E-state index in [1.54, 1.807) is 55.2 Å². The average molecular weight is 348 g/mol. The molecule has 136 valence electrons. The second-order valence-corrected chi connectivity index (χ2v) is 5.45. The zero-order valence-electron chi connectivity index (χ0n) is 14.9. The molecular weight excluding hydrogens is 324 g/mol. The number of ether oxygens (including phenoxy) is 3. The summed E-state index contributed by atoms with van der Waals surface area (Å²) in [5.41, 5.74) is 0.764. The number of nitrogens with zero attached hydrogens (tertiary/aromatic N) is 2. The molecule has 25 heavy (non-hydrogen) atoms. The fourth-order valence-electron chi connectivity index (χ4n) is 2.56. The van der Waals surface area contributed by atoms with Crippen molar-refractivity contribution in [1.29, 1.82) is 0 Å². The van der Waals surface area contributed by atoms with Crippen molar-refractivity contribution in [3.05, 3.63) is 29.8 Å². The van der Waals surface area contributed by atoms with Crippen molar-refractivity contribution in [2.75, 3.05) is 47.0 Å². The second-order valence-electron chi connectivity index (χ2n) is 5.45. The zero-order valence-corrected chi connectivity index (χ0v) is 14.9. The quantitative estimate of drug-likeness (QED) is 0.762. The van der Waals surface area contributed by atoms with E-state index in [1.807, 2.05) is 0 Å². The Balaban J connectivity index is 1.97. The SMILES string of the molecule is CCOC(=O)N1CCN(C(=O)/C=C/c2cc(OC)ccc2OC)CC1. The van der Waals surface area contributed by atoms with E-state index < -0.39 is 0 Å². The molecular formula is C18H24N2O5. The first-order valence-corrected chi connectivity index (χ1v) is 8.19. The molecule has 0 unspecified atom stereocenters. The van der Waals surface area contributed by atoms with Crippen LogP contribution in [0, 0.1) is 0 Å². The fourth-order valence-corrected chi connectivity index (χ4v) is 2.56. The zero-order chi connectivity index (χ0) is 18.2. The van der Waals surface area contributed by atoms with Crippen molar-refractivity contribution in [3.8, 4) is 11.5 Å². The highest BCUT2D eigenvalue weighted by Gasteiger charge is 2.23. The maximum Gasteiger partial charge on any atom is 0.409 e. The van der Waals surface area contributed by atoms with E-state index in [4.69, 9.17) is 14.2 Å². The molecule has 0 aromatic heterocycles. The number of piperazine rings is 1. The molecule has 1 aromatic rings. The Morgan fingerprint density at radius 2 is 1.76 bits per heavy atom. The lowest BCUT2D eigenvalue weighted by Gasteiger charge is -2.33. The van der Waals surface area contributed by atoms with Crippen LogP contribution >= 0.6 is 0 Å². The van der Waals surface area contributed by atoms with Crippen LogP contribution in [0.4, 0.5) is 4.79 Å². The van der Waals surface area contributed by atoms with Crippen LogP contribution in [0.25, 0.3) is 6.08 Å². The van der Waals surface area contributed by atoms with Crippen LogP contribution in [0.1, 0.15) is 12.5 Å². The molecule has 1 aliphatic rings. The normalized spacial score (nSPS) is 14.5. The second kappa shape index (κ2) is 8.96. The van der Waals surface area contributed by atoms with E-state index in [9.17, 15) is 9.59 Å². The van der Waals surface area contributed by atoms with Gasteiger partial charge in [0, 0.05) is 37.8 Å². The summed E-state index contributed by atoms with van der Waals surface area (Å²) in [6, 6.07) is 5.40. The lowest BCUT2D eigenvalue weighted by Crippen LogP contribution is -2.50. The Hall–Kier alpha value is -2.70. The van der Waals surface area contributed by atoms with E-state index in [0.29, 0.717) is 44.3 Å². The minimum atomic E-state index is -0.328. The van der Waals surface area contributed by atoms with Gasteiger partial charge in [0.25, 0.3) is 0 Å². The first kappa shape index (κ1) is 18.6. The number of hydrogen-bond acceptors (Lipinski definition) is 5. The maximum atomic E-state index is 12.4. The summed E-state index contributed by atoms with van der Waals surface area (Å²) in [6.45, 7) is 4.04. The van der Waals surface area contributed by atoms with Gasteiger partial charge in [-0.15, -0.1) is 0 Å². The molecule has 0 radical (unpaired) electrons. The molecule has 1 aliphatic heterocycles. The van der Waals surface area contributed by atoms with Crippen molar-refractivity contribution < 1.29 is 23.8 Å². The molecule has 1 saturated heterocycles. The number of hydrogen-bond donors (Lipinski definition) is 0. The van der Waals surface area contributed by atoms with Gasteiger partial charge in [0.05, 0.1) is 20.8 Å². The van der Waals surface area contributed by atoms with Crippen LogP contribution in [-0.4, -0.2) is 68.8 Å². The third-order valence-corrected chi connectivity index (χ3v) is 3.96. The van der Waals surface area contributed by atoms with Gasteiger partial charge in [0.15, 0.2) is 0 Å². The molecule has 2 rings (SSSR count). The summed E-state index contributed by atoms with van der Waals surface area (Å²) < 4.78 is 15.5.